The van der Waals surface area contributed by atoms with Gasteiger partial charge in [-0.15, -0.1) is 0 Å². The molecule has 1 aromatic heterocycles. The van der Waals surface area contributed by atoms with Crippen LogP contribution in [0.3, 0.4) is 0 Å². The average Bonchev–Trinajstić information content (AvgIpc) is 2.94. The van der Waals surface area contributed by atoms with E-state index in [-0.39, 0.29) is 11.7 Å². The van der Waals surface area contributed by atoms with Gasteiger partial charge in [0, 0.05) is 17.1 Å². The summed E-state index contributed by atoms with van der Waals surface area (Å²) in [5, 5.41) is 19.7. The molecule has 0 bridgehead atoms. The molecule has 0 spiro atoms. The fourth-order valence-electron chi connectivity index (χ4n) is 1.96. The van der Waals surface area contributed by atoms with Crippen LogP contribution >= 0.6 is 0 Å². The van der Waals surface area contributed by atoms with Crippen molar-refractivity contribution in [2.45, 2.75) is 0 Å². The lowest BCUT2D eigenvalue weighted by Crippen LogP contribution is -2.07. The fraction of sp³-hybridized carbons (Fsp3) is 0. The van der Waals surface area contributed by atoms with E-state index in [9.17, 15) is 9.90 Å². The van der Waals surface area contributed by atoms with Crippen LogP contribution in [0.25, 0.3) is 17.0 Å². The van der Waals surface area contributed by atoms with Crippen molar-refractivity contribution in [3.05, 3.63) is 60.3 Å². The number of carbonyl (C=O) groups excluding carboxylic acids is 1. The summed E-state index contributed by atoms with van der Waals surface area (Å²) in [5.74, 6) is -0.0177. The second-order valence-electron chi connectivity index (χ2n) is 4.59. The topological polar surface area (TPSA) is 78.0 Å². The van der Waals surface area contributed by atoms with E-state index in [1.807, 2.05) is 18.2 Å². The maximum Gasteiger partial charge on any atom is 0.248 e. The Bertz CT molecular complexity index is 804. The maximum absolute atomic E-state index is 11.9. The number of aromatic amines is 1. The predicted molar refractivity (Wildman–Crippen MR) is 81.9 cm³/mol. The van der Waals surface area contributed by atoms with Crippen molar-refractivity contribution in [2.24, 2.45) is 0 Å². The number of fused-ring (bicyclic) bond motifs is 1. The molecule has 21 heavy (non-hydrogen) atoms. The number of phenols is 1. The van der Waals surface area contributed by atoms with Crippen molar-refractivity contribution in [3.63, 3.8) is 0 Å². The Balaban J connectivity index is 1.69. The highest BCUT2D eigenvalue weighted by atomic mass is 16.3. The molecule has 3 rings (SSSR count). The quantitative estimate of drug-likeness (QED) is 0.645. The number of nitrogens with one attached hydrogen (secondary N) is 2. The Morgan fingerprint density at radius 3 is 2.81 bits per heavy atom. The molecule has 104 valence electrons. The van der Waals surface area contributed by atoms with E-state index in [1.165, 1.54) is 6.08 Å². The summed E-state index contributed by atoms with van der Waals surface area (Å²) in [5.41, 5.74) is 2.48. The Hall–Kier alpha value is -3.08. The molecule has 0 aliphatic carbocycles. The van der Waals surface area contributed by atoms with Gasteiger partial charge in [0.05, 0.1) is 11.7 Å². The van der Waals surface area contributed by atoms with Crippen molar-refractivity contribution in [1.29, 1.82) is 0 Å². The number of aromatic hydroxyl groups is 1. The summed E-state index contributed by atoms with van der Waals surface area (Å²) in [6.45, 7) is 0. The van der Waals surface area contributed by atoms with E-state index in [4.69, 9.17) is 0 Å². The number of anilines is 1. The number of hydrogen-bond acceptors (Lipinski definition) is 3. The number of amides is 1. The van der Waals surface area contributed by atoms with Crippen molar-refractivity contribution in [2.75, 3.05) is 5.32 Å². The lowest BCUT2D eigenvalue weighted by atomic mass is 10.2. The van der Waals surface area contributed by atoms with Gasteiger partial charge >= 0.3 is 0 Å². The van der Waals surface area contributed by atoms with Gasteiger partial charge in [0.25, 0.3) is 0 Å². The SMILES string of the molecule is O=C(C=Cc1ccc(O)cc1)Nc1ccc2[nH]ncc2c1. The van der Waals surface area contributed by atoms with Crippen LogP contribution in [0.2, 0.25) is 0 Å². The maximum atomic E-state index is 11.9. The van der Waals surface area contributed by atoms with Crippen LogP contribution in [0, 0.1) is 0 Å². The molecule has 0 unspecified atom stereocenters. The zero-order chi connectivity index (χ0) is 14.7. The molecule has 1 heterocycles. The van der Waals surface area contributed by atoms with Gasteiger partial charge in [-0.05, 0) is 42.0 Å². The number of benzene rings is 2. The first-order valence-electron chi connectivity index (χ1n) is 6.42. The summed E-state index contributed by atoms with van der Waals surface area (Å²) in [7, 11) is 0. The number of hydrogen-bond donors (Lipinski definition) is 3. The Labute approximate surface area is 120 Å². The van der Waals surface area contributed by atoms with Gasteiger partial charge in [0.15, 0.2) is 0 Å². The molecule has 0 aliphatic rings. The summed E-state index contributed by atoms with van der Waals surface area (Å²) in [4.78, 5) is 11.9. The monoisotopic (exact) mass is 279 g/mol. The van der Waals surface area contributed by atoms with Crippen LogP contribution in [0.5, 0.6) is 5.75 Å². The Morgan fingerprint density at radius 2 is 2.00 bits per heavy atom. The molecule has 0 saturated heterocycles. The third-order valence-corrected chi connectivity index (χ3v) is 3.03. The minimum absolute atomic E-state index is 0.199. The second kappa shape index (κ2) is 5.50. The van der Waals surface area contributed by atoms with Gasteiger partial charge < -0.3 is 10.4 Å². The molecule has 0 atom stereocenters. The summed E-state index contributed by atoms with van der Waals surface area (Å²) < 4.78 is 0. The second-order valence-corrected chi connectivity index (χ2v) is 4.59. The number of nitrogens with zero attached hydrogens (tertiary/aromatic N) is 1. The lowest BCUT2D eigenvalue weighted by Gasteiger charge is -2.02. The van der Waals surface area contributed by atoms with Gasteiger partial charge in [-0.2, -0.15) is 5.10 Å². The minimum atomic E-state index is -0.217. The van der Waals surface area contributed by atoms with Crippen LogP contribution < -0.4 is 5.32 Å². The van der Waals surface area contributed by atoms with E-state index in [0.29, 0.717) is 5.69 Å². The Kier molecular flexibility index (Phi) is 3.39. The molecule has 0 aliphatic heterocycles. The molecular weight excluding hydrogens is 266 g/mol. The molecule has 0 saturated carbocycles. The first-order valence-corrected chi connectivity index (χ1v) is 6.42. The van der Waals surface area contributed by atoms with Crippen LogP contribution in [0.4, 0.5) is 5.69 Å². The van der Waals surface area contributed by atoms with Crippen LogP contribution in [-0.2, 0) is 4.79 Å². The van der Waals surface area contributed by atoms with E-state index in [1.54, 1.807) is 36.5 Å². The van der Waals surface area contributed by atoms with Crippen molar-refractivity contribution < 1.29 is 9.90 Å². The molecule has 5 heteroatoms. The molecule has 1 amide bonds. The molecule has 5 nitrogen and oxygen atoms in total. The molecule has 3 aromatic rings. The summed E-state index contributed by atoms with van der Waals surface area (Å²) in [6, 6.07) is 12.1. The van der Waals surface area contributed by atoms with Crippen molar-refractivity contribution in [1.82, 2.24) is 10.2 Å². The largest absolute Gasteiger partial charge is 0.508 e. The molecule has 2 aromatic carbocycles. The summed E-state index contributed by atoms with van der Waals surface area (Å²) >= 11 is 0. The predicted octanol–water partition coefficient (Wildman–Crippen LogP) is 2.92. The van der Waals surface area contributed by atoms with Gasteiger partial charge in [-0.3, -0.25) is 9.89 Å². The van der Waals surface area contributed by atoms with Gasteiger partial charge in [0.2, 0.25) is 5.91 Å². The number of phenolic OH excluding ortho intramolecular Hbond substituents is 1. The smallest absolute Gasteiger partial charge is 0.248 e. The van der Waals surface area contributed by atoms with Gasteiger partial charge in [-0.1, -0.05) is 12.1 Å². The summed E-state index contributed by atoms with van der Waals surface area (Å²) in [6.07, 6.45) is 4.84. The fourth-order valence-corrected chi connectivity index (χ4v) is 1.96. The molecule has 0 radical (unpaired) electrons. The minimum Gasteiger partial charge on any atom is -0.508 e. The number of carbonyl (C=O) groups is 1. The van der Waals surface area contributed by atoms with Crippen LogP contribution in [0.1, 0.15) is 5.56 Å². The first-order chi connectivity index (χ1) is 10.2. The van der Waals surface area contributed by atoms with E-state index in [0.717, 1.165) is 16.5 Å². The van der Waals surface area contributed by atoms with Crippen molar-refractivity contribution in [3.8, 4) is 5.75 Å². The number of aromatic nitrogens is 2. The molecule has 0 fully saturated rings. The standard InChI is InChI=1S/C16H13N3O2/c20-14-5-1-11(2-6-14)3-8-16(21)18-13-4-7-15-12(9-13)10-17-19-15/h1-10,20H,(H,17,19)(H,18,21). The highest BCUT2D eigenvalue weighted by Crippen LogP contribution is 2.17. The van der Waals surface area contributed by atoms with Crippen molar-refractivity contribution >= 4 is 28.6 Å². The lowest BCUT2D eigenvalue weighted by molar-refractivity contribution is -0.111. The third kappa shape index (κ3) is 3.09. The Morgan fingerprint density at radius 1 is 1.19 bits per heavy atom. The van der Waals surface area contributed by atoms with E-state index >= 15 is 0 Å². The number of H-pyrrole nitrogens is 1. The van der Waals surface area contributed by atoms with E-state index < -0.39 is 0 Å². The average molecular weight is 279 g/mol. The highest BCUT2D eigenvalue weighted by Gasteiger charge is 2.01. The zero-order valence-corrected chi connectivity index (χ0v) is 11.1. The van der Waals surface area contributed by atoms with E-state index in [2.05, 4.69) is 15.5 Å². The third-order valence-electron chi connectivity index (χ3n) is 3.03. The highest BCUT2D eigenvalue weighted by molar-refractivity contribution is 6.02. The van der Waals surface area contributed by atoms with Gasteiger partial charge in [-0.25, -0.2) is 0 Å². The van der Waals surface area contributed by atoms with Crippen LogP contribution in [-0.4, -0.2) is 21.2 Å². The first kappa shape index (κ1) is 12.9. The molecule has 3 N–H and O–H groups in total. The zero-order valence-electron chi connectivity index (χ0n) is 11.1. The molecular formula is C16H13N3O2. The number of rotatable bonds is 3. The van der Waals surface area contributed by atoms with Crippen LogP contribution in [0.15, 0.2) is 54.7 Å². The van der Waals surface area contributed by atoms with Gasteiger partial charge in [0.1, 0.15) is 5.75 Å². The normalized spacial score (nSPS) is 11.0.